The van der Waals surface area contributed by atoms with Crippen LogP contribution in [0.25, 0.3) is 22.3 Å². The lowest BCUT2D eigenvalue weighted by Crippen LogP contribution is -2.43. The summed E-state index contributed by atoms with van der Waals surface area (Å²) < 4.78 is 11.0. The van der Waals surface area contributed by atoms with E-state index in [1.807, 2.05) is 24.3 Å². The lowest BCUT2D eigenvalue weighted by molar-refractivity contribution is 0.0923. The zero-order valence-corrected chi connectivity index (χ0v) is 19.9. The highest BCUT2D eigenvalue weighted by Crippen LogP contribution is 2.35. The highest BCUT2D eigenvalue weighted by molar-refractivity contribution is 6.07. The van der Waals surface area contributed by atoms with E-state index < -0.39 is 0 Å². The fourth-order valence-corrected chi connectivity index (χ4v) is 4.58. The van der Waals surface area contributed by atoms with Crippen LogP contribution in [0.4, 0.5) is 4.79 Å². The van der Waals surface area contributed by atoms with Crippen LogP contribution < -0.4 is 15.4 Å². The molecular weight excluding hydrogens is 446 g/mol. The predicted molar refractivity (Wildman–Crippen MR) is 131 cm³/mol. The molecule has 2 aromatic heterocycles. The minimum Gasteiger partial charge on any atom is -0.493 e. The van der Waals surface area contributed by atoms with Crippen molar-refractivity contribution in [3.05, 3.63) is 42.4 Å². The van der Waals surface area contributed by atoms with Crippen molar-refractivity contribution < 1.29 is 19.1 Å². The van der Waals surface area contributed by atoms with Crippen LogP contribution in [0.2, 0.25) is 0 Å². The van der Waals surface area contributed by atoms with Gasteiger partial charge < -0.3 is 25.1 Å². The second-order valence-corrected chi connectivity index (χ2v) is 9.29. The number of carbonyl (C=O) groups excluding carboxylic acids is 2. The molecular formula is C26H31N5O4. The Hall–Kier alpha value is -3.62. The number of alkyl carbamates (subject to hydrolysis) is 1. The largest absolute Gasteiger partial charge is 0.493 e. The van der Waals surface area contributed by atoms with Gasteiger partial charge in [-0.2, -0.15) is 0 Å². The van der Waals surface area contributed by atoms with Crippen molar-refractivity contribution in [2.24, 2.45) is 5.92 Å². The van der Waals surface area contributed by atoms with E-state index in [4.69, 9.17) is 9.47 Å². The van der Waals surface area contributed by atoms with Gasteiger partial charge in [0.1, 0.15) is 23.3 Å². The molecule has 9 heteroatoms. The van der Waals surface area contributed by atoms with Crippen molar-refractivity contribution in [3.8, 4) is 17.0 Å². The lowest BCUT2D eigenvalue weighted by atomic mass is 9.91. The summed E-state index contributed by atoms with van der Waals surface area (Å²) in [6.07, 6.45) is 8.41. The number of aromatic nitrogens is 3. The predicted octanol–water partition coefficient (Wildman–Crippen LogP) is 4.20. The Kier molecular flexibility index (Phi) is 6.83. The summed E-state index contributed by atoms with van der Waals surface area (Å²) in [6.45, 7) is 2.85. The third-order valence-electron chi connectivity index (χ3n) is 6.68. The van der Waals surface area contributed by atoms with E-state index in [1.165, 1.54) is 19.2 Å². The van der Waals surface area contributed by atoms with Gasteiger partial charge in [-0.3, -0.25) is 4.79 Å². The molecule has 2 saturated carbocycles. The van der Waals surface area contributed by atoms with Gasteiger partial charge in [-0.15, -0.1) is 0 Å². The number of amides is 2. The standard InChI is InChI=1S/C26H31N5O4/c1-2-34-26(33)31-18-11-9-17(10-12-18)30-25(32)20-13-27-24-22(28-15-29-23(20)24)19-5-3-4-6-21(19)35-14-16-7-8-16/h3-6,13,15-18,27H,2,7-12,14H2,1H3,(H,30,32)(H,31,33)/t17-,18-. The zero-order valence-electron chi connectivity index (χ0n) is 19.9. The number of fused-ring (bicyclic) bond motifs is 1. The number of nitrogens with one attached hydrogen (secondary N) is 3. The number of carbonyl (C=O) groups is 2. The first kappa shape index (κ1) is 23.1. The fraction of sp³-hybridized carbons (Fsp3) is 0.462. The summed E-state index contributed by atoms with van der Waals surface area (Å²) in [6, 6.07) is 7.97. The summed E-state index contributed by atoms with van der Waals surface area (Å²) in [5, 5.41) is 6.02. The SMILES string of the molecule is CCOC(=O)N[C@H]1CC[C@H](NC(=O)c2c[nH]c3c(-c4ccccc4OCC4CC4)ncnc23)CC1. The van der Waals surface area contributed by atoms with Crippen LogP contribution in [-0.4, -0.2) is 52.2 Å². The van der Waals surface area contributed by atoms with E-state index in [2.05, 4.69) is 25.6 Å². The molecule has 35 heavy (non-hydrogen) atoms. The molecule has 0 unspecified atom stereocenters. The molecule has 0 radical (unpaired) electrons. The second kappa shape index (κ2) is 10.3. The normalized spacial score (nSPS) is 19.8. The number of aromatic amines is 1. The van der Waals surface area contributed by atoms with Crippen LogP contribution in [0.3, 0.4) is 0 Å². The average molecular weight is 478 g/mol. The van der Waals surface area contributed by atoms with Gasteiger partial charge in [0, 0.05) is 23.8 Å². The maximum absolute atomic E-state index is 13.1. The van der Waals surface area contributed by atoms with E-state index in [1.54, 1.807) is 13.1 Å². The van der Waals surface area contributed by atoms with Gasteiger partial charge in [-0.1, -0.05) is 12.1 Å². The first-order valence-electron chi connectivity index (χ1n) is 12.4. The molecule has 2 aliphatic rings. The molecule has 9 nitrogen and oxygen atoms in total. The molecule has 2 fully saturated rings. The van der Waals surface area contributed by atoms with E-state index >= 15 is 0 Å². The van der Waals surface area contributed by atoms with Gasteiger partial charge in [0.05, 0.1) is 24.3 Å². The van der Waals surface area contributed by atoms with Crippen LogP contribution in [-0.2, 0) is 4.74 Å². The fourth-order valence-electron chi connectivity index (χ4n) is 4.58. The quantitative estimate of drug-likeness (QED) is 0.447. The third-order valence-corrected chi connectivity index (χ3v) is 6.68. The van der Waals surface area contributed by atoms with E-state index in [0.717, 1.165) is 37.0 Å². The van der Waals surface area contributed by atoms with Crippen molar-refractivity contribution in [1.82, 2.24) is 25.6 Å². The maximum Gasteiger partial charge on any atom is 0.407 e. The van der Waals surface area contributed by atoms with Crippen molar-refractivity contribution in [3.63, 3.8) is 0 Å². The highest BCUT2D eigenvalue weighted by Gasteiger charge is 2.26. The minimum absolute atomic E-state index is 0.0468. The van der Waals surface area contributed by atoms with E-state index in [9.17, 15) is 9.59 Å². The van der Waals surface area contributed by atoms with Gasteiger partial charge in [-0.25, -0.2) is 14.8 Å². The number of nitrogens with zero attached hydrogens (tertiary/aromatic N) is 2. The van der Waals surface area contributed by atoms with E-state index in [-0.39, 0.29) is 24.1 Å². The summed E-state index contributed by atoms with van der Waals surface area (Å²) in [5.41, 5.74) is 3.38. The van der Waals surface area contributed by atoms with Gasteiger partial charge in [0.25, 0.3) is 5.91 Å². The molecule has 2 amide bonds. The van der Waals surface area contributed by atoms with Crippen LogP contribution in [0, 0.1) is 5.92 Å². The smallest absolute Gasteiger partial charge is 0.407 e. The van der Waals surface area contributed by atoms with Gasteiger partial charge in [0.15, 0.2) is 0 Å². The summed E-state index contributed by atoms with van der Waals surface area (Å²) in [7, 11) is 0. The molecule has 0 aliphatic heterocycles. The summed E-state index contributed by atoms with van der Waals surface area (Å²) in [4.78, 5) is 36.9. The molecule has 5 rings (SSSR count). The first-order valence-corrected chi connectivity index (χ1v) is 12.4. The van der Waals surface area contributed by atoms with Gasteiger partial charge in [0.2, 0.25) is 0 Å². The minimum atomic E-state index is -0.381. The number of rotatable bonds is 8. The lowest BCUT2D eigenvalue weighted by Gasteiger charge is -2.29. The number of ether oxygens (including phenoxy) is 2. The highest BCUT2D eigenvalue weighted by atomic mass is 16.5. The Morgan fingerprint density at radius 1 is 1.03 bits per heavy atom. The van der Waals surface area contributed by atoms with E-state index in [0.29, 0.717) is 41.4 Å². The number of hydrogen-bond donors (Lipinski definition) is 3. The van der Waals surface area contributed by atoms with Gasteiger partial charge >= 0.3 is 6.09 Å². The molecule has 0 spiro atoms. The van der Waals surface area contributed by atoms with Crippen molar-refractivity contribution in [1.29, 1.82) is 0 Å². The molecule has 2 aliphatic carbocycles. The Balaban J connectivity index is 1.27. The van der Waals surface area contributed by atoms with Crippen LogP contribution in [0.5, 0.6) is 5.75 Å². The van der Waals surface area contributed by atoms with Gasteiger partial charge in [-0.05, 0) is 63.5 Å². The molecule has 2 heterocycles. The Morgan fingerprint density at radius 2 is 1.77 bits per heavy atom. The first-order chi connectivity index (χ1) is 17.1. The Morgan fingerprint density at radius 3 is 2.51 bits per heavy atom. The topological polar surface area (TPSA) is 118 Å². The second-order valence-electron chi connectivity index (χ2n) is 9.29. The monoisotopic (exact) mass is 477 g/mol. The molecule has 1 aromatic carbocycles. The third kappa shape index (κ3) is 5.39. The van der Waals surface area contributed by atoms with Crippen molar-refractivity contribution >= 4 is 23.0 Å². The molecule has 0 atom stereocenters. The van der Waals surface area contributed by atoms with Crippen molar-refractivity contribution in [2.45, 2.75) is 57.5 Å². The Labute approximate surface area is 204 Å². The van der Waals surface area contributed by atoms with Crippen molar-refractivity contribution in [2.75, 3.05) is 13.2 Å². The average Bonchev–Trinajstić information content (AvgIpc) is 3.60. The summed E-state index contributed by atoms with van der Waals surface area (Å²) in [5.74, 6) is 1.26. The summed E-state index contributed by atoms with van der Waals surface area (Å²) >= 11 is 0. The molecule has 184 valence electrons. The molecule has 0 bridgehead atoms. The zero-order chi connectivity index (χ0) is 24.2. The van der Waals surface area contributed by atoms with Crippen LogP contribution in [0.15, 0.2) is 36.8 Å². The van der Waals surface area contributed by atoms with Crippen LogP contribution in [0.1, 0.15) is 55.8 Å². The molecule has 3 aromatic rings. The van der Waals surface area contributed by atoms with Crippen LogP contribution >= 0.6 is 0 Å². The maximum atomic E-state index is 13.1. The molecule has 3 N–H and O–H groups in total. The number of hydrogen-bond acceptors (Lipinski definition) is 6. The Bertz CT molecular complexity index is 1200. The number of benzene rings is 1. The number of H-pyrrole nitrogens is 1. The molecule has 0 saturated heterocycles. The number of para-hydroxylation sites is 1.